The van der Waals surface area contributed by atoms with Crippen molar-refractivity contribution in [1.82, 2.24) is 9.34 Å². The molecule has 0 aromatic heterocycles. The maximum Gasteiger partial charge on any atom is 0.369 e. The second-order valence-corrected chi connectivity index (χ2v) is 11.5. The Bertz CT molecular complexity index is 423. The largest absolute Gasteiger partial charge is 0.379 e. The number of ether oxygens (including phenoxy) is 2. The van der Waals surface area contributed by atoms with Crippen molar-refractivity contribution in [3.63, 3.8) is 0 Å². The molecule has 0 aromatic carbocycles. The van der Waals surface area contributed by atoms with E-state index in [0.717, 1.165) is 0 Å². The average Bonchev–Trinajstić information content (AvgIpc) is 2.55. The lowest BCUT2D eigenvalue weighted by Gasteiger charge is -2.41. The number of hydrogen-bond acceptors (Lipinski definition) is 6. The Morgan fingerprint density at radius 3 is 1.71 bits per heavy atom. The third-order valence-electron chi connectivity index (χ3n) is 3.54. The fraction of sp³-hybridized carbons (Fsp3) is 1.00. The van der Waals surface area contributed by atoms with Gasteiger partial charge in [-0.15, -0.1) is 0 Å². The highest BCUT2D eigenvalue weighted by molar-refractivity contribution is 8.29. The van der Waals surface area contributed by atoms with Gasteiger partial charge in [0.25, 0.3) is 0 Å². The minimum Gasteiger partial charge on any atom is -0.379 e. The van der Waals surface area contributed by atoms with E-state index in [9.17, 15) is 9.13 Å². The summed E-state index contributed by atoms with van der Waals surface area (Å²) < 4.78 is 51.6. The zero-order valence-electron chi connectivity index (χ0n) is 12.6. The van der Waals surface area contributed by atoms with E-state index >= 15 is 0 Å². The molecule has 2 atom stereocenters. The van der Waals surface area contributed by atoms with Crippen LogP contribution in [-0.4, -0.2) is 75.7 Å². The molecule has 2 rings (SSSR count). The number of hydrogen-bond donors (Lipinski definition) is 0. The Balaban J connectivity index is 2.31. The van der Waals surface area contributed by atoms with Crippen LogP contribution >= 0.6 is 14.4 Å². The SMILES string of the molecule is CCOP(=O)(N1CCOCC1)P(=O)(OC)N1CCOCC1. The minimum atomic E-state index is -3.63. The summed E-state index contributed by atoms with van der Waals surface area (Å²) >= 11 is 0. The number of nitrogens with zero attached hydrogens (tertiary/aromatic N) is 2. The first-order valence-corrected chi connectivity index (χ1v) is 11.0. The molecule has 0 amide bonds. The van der Waals surface area contributed by atoms with Crippen molar-refractivity contribution in [1.29, 1.82) is 0 Å². The quantitative estimate of drug-likeness (QED) is 0.674. The minimum absolute atomic E-state index is 0.215. The van der Waals surface area contributed by atoms with Crippen LogP contribution in [0.5, 0.6) is 0 Å². The van der Waals surface area contributed by atoms with Crippen LogP contribution in [0.25, 0.3) is 0 Å². The van der Waals surface area contributed by atoms with Crippen LogP contribution < -0.4 is 0 Å². The summed E-state index contributed by atoms with van der Waals surface area (Å²) in [4.78, 5) is 0. The van der Waals surface area contributed by atoms with Crippen molar-refractivity contribution >= 4 is 14.4 Å². The van der Waals surface area contributed by atoms with E-state index in [1.165, 1.54) is 7.11 Å². The third kappa shape index (κ3) is 3.43. The van der Waals surface area contributed by atoms with E-state index < -0.39 is 14.4 Å². The second-order valence-electron chi connectivity index (χ2n) is 4.71. The molecular formula is C11H24N2O6P2. The van der Waals surface area contributed by atoms with Gasteiger partial charge in [-0.2, -0.15) is 0 Å². The fourth-order valence-electron chi connectivity index (χ4n) is 2.47. The summed E-state index contributed by atoms with van der Waals surface area (Å²) in [5.74, 6) is 0. The summed E-state index contributed by atoms with van der Waals surface area (Å²) in [6.45, 7) is 5.45. The molecule has 124 valence electrons. The molecular weight excluding hydrogens is 318 g/mol. The van der Waals surface area contributed by atoms with E-state index in [4.69, 9.17) is 18.5 Å². The monoisotopic (exact) mass is 342 g/mol. The maximum atomic E-state index is 13.5. The normalized spacial score (nSPS) is 27.9. The zero-order chi connectivity index (χ0) is 15.3. The third-order valence-corrected chi connectivity index (χ3v) is 11.8. The molecule has 2 heterocycles. The van der Waals surface area contributed by atoms with Crippen LogP contribution in [0.3, 0.4) is 0 Å². The van der Waals surface area contributed by atoms with Gasteiger partial charge in [-0.1, -0.05) is 0 Å². The Kier molecular flexibility index (Phi) is 6.41. The van der Waals surface area contributed by atoms with Gasteiger partial charge in [0.2, 0.25) is 0 Å². The molecule has 0 N–H and O–H groups in total. The van der Waals surface area contributed by atoms with E-state index in [0.29, 0.717) is 52.6 Å². The first kappa shape index (κ1) is 17.6. The van der Waals surface area contributed by atoms with Crippen molar-refractivity contribution in [2.24, 2.45) is 0 Å². The Morgan fingerprint density at radius 1 is 0.905 bits per heavy atom. The summed E-state index contributed by atoms with van der Waals surface area (Å²) in [6.07, 6.45) is 0. The predicted molar refractivity (Wildman–Crippen MR) is 78.6 cm³/mol. The van der Waals surface area contributed by atoms with E-state index in [2.05, 4.69) is 0 Å². The van der Waals surface area contributed by atoms with Crippen LogP contribution in [0.2, 0.25) is 0 Å². The number of morpholine rings is 2. The average molecular weight is 342 g/mol. The molecule has 0 spiro atoms. The van der Waals surface area contributed by atoms with Gasteiger partial charge in [0.15, 0.2) is 0 Å². The molecule has 2 fully saturated rings. The van der Waals surface area contributed by atoms with Crippen molar-refractivity contribution in [2.45, 2.75) is 6.92 Å². The predicted octanol–water partition coefficient (Wildman–Crippen LogP) is 1.63. The Hall–Kier alpha value is 0.220. The molecule has 0 radical (unpaired) electrons. The Morgan fingerprint density at radius 2 is 1.33 bits per heavy atom. The molecule has 0 aliphatic carbocycles. The summed E-state index contributed by atoms with van der Waals surface area (Å²) in [7, 11) is -5.92. The molecule has 0 bridgehead atoms. The molecule has 2 unspecified atom stereocenters. The summed E-state index contributed by atoms with van der Waals surface area (Å²) in [5.41, 5.74) is 0. The molecule has 2 aliphatic heterocycles. The Labute approximate surface area is 125 Å². The van der Waals surface area contributed by atoms with Gasteiger partial charge in [-0.25, -0.2) is 9.34 Å². The lowest BCUT2D eigenvalue weighted by Crippen LogP contribution is -2.39. The lowest BCUT2D eigenvalue weighted by molar-refractivity contribution is 0.0610. The standard InChI is InChI=1S/C11H24N2O6P2/c1-3-19-21(15,13-6-10-18-11-7-13)20(14,16-2)12-4-8-17-9-5-12/h3-11H2,1-2H3. The highest BCUT2D eigenvalue weighted by atomic mass is 32.1. The highest BCUT2D eigenvalue weighted by Gasteiger charge is 2.55. The van der Waals surface area contributed by atoms with Crippen molar-refractivity contribution in [3.8, 4) is 0 Å². The van der Waals surface area contributed by atoms with Gasteiger partial charge in [0, 0.05) is 33.3 Å². The van der Waals surface area contributed by atoms with E-state index in [-0.39, 0.29) is 6.61 Å². The maximum absolute atomic E-state index is 13.5. The van der Waals surface area contributed by atoms with Gasteiger partial charge in [0.1, 0.15) is 0 Å². The van der Waals surface area contributed by atoms with Crippen molar-refractivity contribution < 1.29 is 27.7 Å². The van der Waals surface area contributed by atoms with Gasteiger partial charge in [-0.05, 0) is 6.92 Å². The van der Waals surface area contributed by atoms with Crippen LogP contribution in [0, 0.1) is 0 Å². The number of rotatable bonds is 6. The summed E-state index contributed by atoms with van der Waals surface area (Å²) in [6, 6.07) is 0. The lowest BCUT2D eigenvalue weighted by atomic mass is 10.5. The van der Waals surface area contributed by atoms with Gasteiger partial charge in [0.05, 0.1) is 33.0 Å². The van der Waals surface area contributed by atoms with E-state index in [1.54, 1.807) is 16.3 Å². The zero-order valence-corrected chi connectivity index (χ0v) is 14.4. The smallest absolute Gasteiger partial charge is 0.369 e. The van der Waals surface area contributed by atoms with Gasteiger partial charge in [-0.3, -0.25) is 9.13 Å². The molecule has 0 aromatic rings. The second kappa shape index (κ2) is 7.66. The van der Waals surface area contributed by atoms with Crippen LogP contribution in [0.15, 0.2) is 0 Å². The van der Waals surface area contributed by atoms with E-state index in [1.807, 2.05) is 0 Å². The van der Waals surface area contributed by atoms with Crippen LogP contribution in [0.4, 0.5) is 0 Å². The molecule has 0 saturated carbocycles. The summed E-state index contributed by atoms with van der Waals surface area (Å²) in [5, 5.41) is 0. The van der Waals surface area contributed by atoms with Crippen molar-refractivity contribution in [3.05, 3.63) is 0 Å². The molecule has 2 aliphatic rings. The molecule has 21 heavy (non-hydrogen) atoms. The van der Waals surface area contributed by atoms with Crippen LogP contribution in [0.1, 0.15) is 6.92 Å². The molecule has 8 nitrogen and oxygen atoms in total. The first-order valence-electron chi connectivity index (χ1n) is 7.15. The topological polar surface area (TPSA) is 77.5 Å². The first-order chi connectivity index (χ1) is 10.1. The van der Waals surface area contributed by atoms with Gasteiger partial charge >= 0.3 is 14.4 Å². The highest BCUT2D eigenvalue weighted by Crippen LogP contribution is 2.85. The van der Waals surface area contributed by atoms with Crippen LogP contribution in [-0.2, 0) is 27.7 Å². The fourth-order valence-corrected chi connectivity index (χ4v) is 9.93. The van der Waals surface area contributed by atoms with Gasteiger partial charge < -0.3 is 18.5 Å². The van der Waals surface area contributed by atoms with Crippen molar-refractivity contribution in [2.75, 3.05) is 66.3 Å². The molecule has 2 saturated heterocycles. The molecule has 10 heteroatoms.